The summed E-state index contributed by atoms with van der Waals surface area (Å²) in [6.45, 7) is 0. The predicted octanol–water partition coefficient (Wildman–Crippen LogP) is 2.42. The second-order valence-corrected chi connectivity index (χ2v) is 6.43. The fourth-order valence-electron chi connectivity index (χ4n) is 0.981. The third-order valence-corrected chi connectivity index (χ3v) is 3.27. The molecule has 0 aliphatic heterocycles. The van der Waals surface area contributed by atoms with E-state index in [0.717, 1.165) is 0 Å². The summed E-state index contributed by atoms with van der Waals surface area (Å²) in [5.74, 6) is -1.58. The minimum atomic E-state index is -5.34. The lowest BCUT2D eigenvalue weighted by Gasteiger charge is -2.11. The summed E-state index contributed by atoms with van der Waals surface area (Å²) >= 11 is 1.38. The van der Waals surface area contributed by atoms with Crippen LogP contribution in [0.25, 0.3) is 0 Å². The van der Waals surface area contributed by atoms with Crippen LogP contribution in [0.15, 0.2) is 11.1 Å². The van der Waals surface area contributed by atoms with Gasteiger partial charge < -0.3 is 4.74 Å². The van der Waals surface area contributed by atoms with Gasteiger partial charge in [-0.2, -0.15) is 0 Å². The lowest BCUT2D eigenvalue weighted by molar-refractivity contribution is -0.389. The number of pyridine rings is 1. The van der Waals surface area contributed by atoms with E-state index in [9.17, 15) is 31.7 Å². The Morgan fingerprint density at radius 1 is 1.47 bits per heavy atom. The topological polar surface area (TPSA) is 99.4 Å². The van der Waals surface area contributed by atoms with Gasteiger partial charge in [-0.25, -0.2) is 13.4 Å². The quantitative estimate of drug-likeness (QED) is 0.239. The van der Waals surface area contributed by atoms with Crippen molar-refractivity contribution in [3.8, 4) is 5.75 Å². The van der Waals surface area contributed by atoms with E-state index in [4.69, 9.17) is 10.7 Å². The molecule has 0 spiro atoms. The molecular formula is C6HClF3IN2O5S. The van der Waals surface area contributed by atoms with Gasteiger partial charge in [0.2, 0.25) is 10.8 Å². The molecule has 0 saturated heterocycles. The molecule has 0 radical (unpaired) electrons. The second kappa shape index (κ2) is 5.24. The molecule has 0 atom stereocenters. The molecular weight excluding hydrogens is 431 g/mol. The van der Waals surface area contributed by atoms with Gasteiger partial charge in [0.1, 0.15) is 3.70 Å². The highest BCUT2D eigenvalue weighted by Crippen LogP contribution is 2.38. The van der Waals surface area contributed by atoms with Crippen LogP contribution in [0.1, 0.15) is 0 Å². The zero-order chi connectivity index (χ0) is 15.0. The average molecular weight is 433 g/mol. The highest BCUT2D eigenvalue weighted by Gasteiger charge is 2.39. The first-order valence-electron chi connectivity index (χ1n) is 3.97. The van der Waals surface area contributed by atoms with Gasteiger partial charge in [0.05, 0.1) is 11.0 Å². The number of nitrogens with zero attached hydrogens (tertiary/aromatic N) is 2. The summed E-state index contributed by atoms with van der Waals surface area (Å²) in [5, 5.41) is 9.26. The Morgan fingerprint density at radius 2 is 2.00 bits per heavy atom. The smallest absolute Gasteiger partial charge is 0.395 e. The number of aromatic nitrogens is 1. The molecule has 106 valence electrons. The van der Waals surface area contributed by atoms with E-state index in [1.807, 2.05) is 0 Å². The molecule has 0 aliphatic rings. The highest BCUT2D eigenvalue weighted by molar-refractivity contribution is 14.1. The van der Waals surface area contributed by atoms with Gasteiger partial charge in [0, 0.05) is 10.7 Å². The molecule has 13 heteroatoms. The molecule has 0 aliphatic carbocycles. The number of nitro groups is 1. The van der Waals surface area contributed by atoms with Crippen molar-refractivity contribution in [2.75, 3.05) is 0 Å². The van der Waals surface area contributed by atoms with E-state index < -0.39 is 36.8 Å². The summed E-state index contributed by atoms with van der Waals surface area (Å²) in [5.41, 5.74) is -1.21. The predicted molar refractivity (Wildman–Crippen MR) is 63.3 cm³/mol. The Labute approximate surface area is 121 Å². The van der Waals surface area contributed by atoms with Crippen molar-refractivity contribution in [1.29, 1.82) is 0 Å². The highest BCUT2D eigenvalue weighted by atomic mass is 127. The first kappa shape index (κ1) is 16.2. The lowest BCUT2D eigenvalue weighted by Crippen LogP contribution is -2.20. The number of ether oxygens (including phenoxy) is 1. The number of alkyl halides is 3. The molecule has 1 aromatic heterocycles. The van der Waals surface area contributed by atoms with E-state index in [0.29, 0.717) is 6.07 Å². The monoisotopic (exact) mass is 432 g/mol. The van der Waals surface area contributed by atoms with Gasteiger partial charge >= 0.3 is 12.0 Å². The standard InChI is InChI=1S/C6HClF3IN2O5S/c7-19(16,17)5-4(18-6(8,9)10)2(13(14)15)1-3(11)12-5/h1H. The summed E-state index contributed by atoms with van der Waals surface area (Å²) in [6.07, 6.45) is -5.34. The van der Waals surface area contributed by atoms with Gasteiger partial charge in [0.15, 0.2) is 0 Å². The normalized spacial score (nSPS) is 12.3. The average Bonchev–Trinajstić information content (AvgIpc) is 2.16. The maximum Gasteiger partial charge on any atom is 0.573 e. The Kier molecular flexibility index (Phi) is 4.46. The van der Waals surface area contributed by atoms with E-state index in [1.54, 1.807) is 0 Å². The maximum absolute atomic E-state index is 12.1. The summed E-state index contributed by atoms with van der Waals surface area (Å²) in [6, 6.07) is 0.618. The van der Waals surface area contributed by atoms with Crippen LogP contribution in [0.3, 0.4) is 0 Å². The summed E-state index contributed by atoms with van der Waals surface area (Å²) in [7, 11) is 0.120. The van der Waals surface area contributed by atoms with Crippen molar-refractivity contribution < 1.29 is 31.2 Å². The molecule has 19 heavy (non-hydrogen) atoms. The fraction of sp³-hybridized carbons (Fsp3) is 0.167. The van der Waals surface area contributed by atoms with Gasteiger partial charge in [-0.3, -0.25) is 10.1 Å². The number of hydrogen-bond donors (Lipinski definition) is 0. The van der Waals surface area contributed by atoms with E-state index >= 15 is 0 Å². The van der Waals surface area contributed by atoms with Crippen molar-refractivity contribution in [1.82, 2.24) is 4.98 Å². The van der Waals surface area contributed by atoms with Crippen molar-refractivity contribution in [3.05, 3.63) is 19.9 Å². The van der Waals surface area contributed by atoms with E-state index in [2.05, 4.69) is 9.72 Å². The third kappa shape index (κ3) is 4.31. The molecule has 0 saturated carbocycles. The first-order valence-corrected chi connectivity index (χ1v) is 7.36. The van der Waals surface area contributed by atoms with Crippen LogP contribution < -0.4 is 4.74 Å². The minimum Gasteiger partial charge on any atom is -0.395 e. The number of hydrogen-bond acceptors (Lipinski definition) is 6. The molecule has 1 heterocycles. The van der Waals surface area contributed by atoms with Crippen LogP contribution >= 0.6 is 33.3 Å². The fourth-order valence-corrected chi connectivity index (χ4v) is 2.57. The lowest BCUT2D eigenvalue weighted by atomic mass is 10.4. The second-order valence-electron chi connectivity index (χ2n) is 2.84. The van der Waals surface area contributed by atoms with Crippen LogP contribution in [0.5, 0.6) is 5.75 Å². The van der Waals surface area contributed by atoms with Crippen molar-refractivity contribution >= 4 is 48.0 Å². The Morgan fingerprint density at radius 3 is 2.37 bits per heavy atom. The van der Waals surface area contributed by atoms with E-state index in [-0.39, 0.29) is 3.70 Å². The maximum atomic E-state index is 12.1. The van der Waals surface area contributed by atoms with Gasteiger partial charge in [-0.15, -0.1) is 13.2 Å². The Balaban J connectivity index is 3.67. The van der Waals surface area contributed by atoms with Crippen molar-refractivity contribution in [3.63, 3.8) is 0 Å². The van der Waals surface area contributed by atoms with Gasteiger partial charge in [-0.1, -0.05) is 0 Å². The third-order valence-electron chi connectivity index (χ3n) is 1.54. The molecule has 0 fully saturated rings. The van der Waals surface area contributed by atoms with Crippen molar-refractivity contribution in [2.24, 2.45) is 0 Å². The van der Waals surface area contributed by atoms with Crippen LogP contribution in [0.2, 0.25) is 0 Å². The number of rotatable bonds is 3. The molecule has 1 rings (SSSR count). The Hall–Kier alpha value is -0.890. The zero-order valence-electron chi connectivity index (χ0n) is 8.31. The molecule has 0 unspecified atom stereocenters. The molecule has 0 bridgehead atoms. The van der Waals surface area contributed by atoms with E-state index in [1.165, 1.54) is 22.6 Å². The van der Waals surface area contributed by atoms with Crippen LogP contribution in [0, 0.1) is 13.8 Å². The molecule has 0 aromatic carbocycles. The van der Waals surface area contributed by atoms with Gasteiger partial charge in [0.25, 0.3) is 9.05 Å². The van der Waals surface area contributed by atoms with Crippen LogP contribution in [-0.4, -0.2) is 24.7 Å². The summed E-state index contributed by atoms with van der Waals surface area (Å²) in [4.78, 5) is 12.6. The van der Waals surface area contributed by atoms with Crippen LogP contribution in [0.4, 0.5) is 18.9 Å². The SMILES string of the molecule is O=[N+]([O-])c1cc(I)nc(S(=O)(=O)Cl)c1OC(F)(F)F. The summed E-state index contributed by atoms with van der Waals surface area (Å²) < 4.78 is 61.7. The zero-order valence-corrected chi connectivity index (χ0v) is 12.0. The van der Waals surface area contributed by atoms with Crippen LogP contribution in [-0.2, 0) is 9.05 Å². The molecule has 0 N–H and O–H groups in total. The molecule has 0 amide bonds. The number of halogens is 5. The first-order chi connectivity index (χ1) is 8.42. The van der Waals surface area contributed by atoms with Crippen molar-refractivity contribution in [2.45, 2.75) is 11.4 Å². The minimum absolute atomic E-state index is 0.238. The largest absolute Gasteiger partial charge is 0.573 e. The molecule has 7 nitrogen and oxygen atoms in total. The molecule has 1 aromatic rings. The van der Waals surface area contributed by atoms with Gasteiger partial charge in [-0.05, 0) is 22.6 Å². The Bertz CT molecular complexity index is 634.